The number of ether oxygens (including phenoxy) is 2. The molecule has 4 rings (SSSR count). The first kappa shape index (κ1) is 22.4. The summed E-state index contributed by atoms with van der Waals surface area (Å²) in [6.45, 7) is 6.56. The molecule has 0 radical (unpaired) electrons. The molecule has 32 heavy (non-hydrogen) atoms. The molecule has 2 aromatic carbocycles. The Balaban J connectivity index is 1.68. The number of benzene rings is 2. The molecule has 0 spiro atoms. The molecule has 1 aliphatic rings. The molecule has 0 aliphatic carbocycles. The van der Waals surface area contributed by atoms with Gasteiger partial charge in [-0.05, 0) is 43.7 Å². The third-order valence-electron chi connectivity index (χ3n) is 5.40. The van der Waals surface area contributed by atoms with Crippen molar-refractivity contribution in [3.8, 4) is 17.1 Å². The van der Waals surface area contributed by atoms with Crippen LogP contribution in [0.15, 0.2) is 59.8 Å². The van der Waals surface area contributed by atoms with Crippen molar-refractivity contribution < 1.29 is 14.3 Å². The van der Waals surface area contributed by atoms with Gasteiger partial charge in [-0.15, -0.1) is 10.2 Å². The monoisotopic (exact) mass is 452 g/mol. The Bertz CT molecular complexity index is 1030. The molecule has 0 saturated carbocycles. The minimum absolute atomic E-state index is 0.0776. The van der Waals surface area contributed by atoms with Crippen molar-refractivity contribution in [3.05, 3.63) is 60.2 Å². The third kappa shape index (κ3) is 4.81. The summed E-state index contributed by atoms with van der Waals surface area (Å²) in [6, 6.07) is 17.8. The molecule has 3 aromatic rings. The molecular weight excluding hydrogens is 424 g/mol. The van der Waals surface area contributed by atoms with E-state index >= 15 is 0 Å². The Morgan fingerprint density at radius 1 is 1.03 bits per heavy atom. The molecule has 1 saturated heterocycles. The molecule has 168 valence electrons. The predicted octanol–water partition coefficient (Wildman–Crippen LogP) is 4.23. The number of carbonyl (C=O) groups is 1. The van der Waals surface area contributed by atoms with Crippen molar-refractivity contribution >= 4 is 17.7 Å². The van der Waals surface area contributed by atoms with E-state index in [0.717, 1.165) is 27.9 Å². The number of hydrogen-bond donors (Lipinski definition) is 0. The van der Waals surface area contributed by atoms with E-state index in [4.69, 9.17) is 9.47 Å². The van der Waals surface area contributed by atoms with Crippen LogP contribution in [-0.4, -0.2) is 59.0 Å². The van der Waals surface area contributed by atoms with Gasteiger partial charge in [-0.1, -0.05) is 42.1 Å². The van der Waals surface area contributed by atoms with Crippen molar-refractivity contribution in [2.75, 3.05) is 33.4 Å². The maximum absolute atomic E-state index is 13.5. The molecule has 1 amide bonds. The Hall–Kier alpha value is -2.84. The molecule has 1 fully saturated rings. The molecule has 1 aromatic heterocycles. The molecular formula is C24H28N4O3S. The van der Waals surface area contributed by atoms with Crippen molar-refractivity contribution in [1.82, 2.24) is 19.7 Å². The number of morpholine rings is 1. The van der Waals surface area contributed by atoms with Gasteiger partial charge in [-0.2, -0.15) is 0 Å². The zero-order valence-corrected chi connectivity index (χ0v) is 19.4. The Labute approximate surface area is 192 Å². The smallest absolute Gasteiger partial charge is 0.240 e. The van der Waals surface area contributed by atoms with Gasteiger partial charge in [0, 0.05) is 24.7 Å². The first-order valence-corrected chi connectivity index (χ1v) is 11.6. The van der Waals surface area contributed by atoms with E-state index in [0.29, 0.717) is 26.3 Å². The quantitative estimate of drug-likeness (QED) is 0.500. The highest BCUT2D eigenvalue weighted by molar-refractivity contribution is 8.00. The van der Waals surface area contributed by atoms with E-state index in [1.54, 1.807) is 7.11 Å². The van der Waals surface area contributed by atoms with Crippen LogP contribution >= 0.6 is 11.8 Å². The van der Waals surface area contributed by atoms with Gasteiger partial charge in [-0.3, -0.25) is 9.36 Å². The van der Waals surface area contributed by atoms with Gasteiger partial charge >= 0.3 is 0 Å². The van der Waals surface area contributed by atoms with Crippen LogP contribution in [0.1, 0.15) is 30.7 Å². The number of hydrogen-bond acceptors (Lipinski definition) is 6. The summed E-state index contributed by atoms with van der Waals surface area (Å²) in [7, 11) is 1.65. The summed E-state index contributed by atoms with van der Waals surface area (Å²) < 4.78 is 12.8. The van der Waals surface area contributed by atoms with Crippen molar-refractivity contribution in [2.45, 2.75) is 30.3 Å². The molecule has 7 nitrogen and oxygen atoms in total. The predicted molar refractivity (Wildman–Crippen MR) is 125 cm³/mol. The number of nitrogens with zero attached hydrogens (tertiary/aromatic N) is 4. The van der Waals surface area contributed by atoms with Gasteiger partial charge in [0.25, 0.3) is 0 Å². The van der Waals surface area contributed by atoms with E-state index in [1.165, 1.54) is 11.8 Å². The van der Waals surface area contributed by atoms with E-state index in [-0.39, 0.29) is 11.9 Å². The summed E-state index contributed by atoms with van der Waals surface area (Å²) in [5.41, 5.74) is 1.91. The minimum atomic E-state index is -0.403. The van der Waals surface area contributed by atoms with Crippen LogP contribution in [0.25, 0.3) is 11.4 Å². The molecule has 0 N–H and O–H groups in total. The van der Waals surface area contributed by atoms with E-state index < -0.39 is 5.25 Å². The Kier molecular flexibility index (Phi) is 7.12. The topological polar surface area (TPSA) is 69.5 Å². The van der Waals surface area contributed by atoms with Gasteiger partial charge in [-0.25, -0.2) is 0 Å². The normalized spacial score (nSPS) is 15.1. The average molecular weight is 453 g/mol. The van der Waals surface area contributed by atoms with Crippen LogP contribution in [-0.2, 0) is 9.53 Å². The largest absolute Gasteiger partial charge is 0.497 e. The molecule has 0 unspecified atom stereocenters. The summed E-state index contributed by atoms with van der Waals surface area (Å²) in [4.78, 5) is 15.4. The van der Waals surface area contributed by atoms with E-state index in [9.17, 15) is 4.79 Å². The first-order valence-electron chi connectivity index (χ1n) is 10.8. The van der Waals surface area contributed by atoms with Crippen LogP contribution in [0.4, 0.5) is 0 Å². The highest BCUT2D eigenvalue weighted by atomic mass is 32.2. The summed E-state index contributed by atoms with van der Waals surface area (Å²) in [6.07, 6.45) is 0. The Morgan fingerprint density at radius 3 is 2.34 bits per heavy atom. The molecule has 1 aliphatic heterocycles. The van der Waals surface area contributed by atoms with Crippen molar-refractivity contribution in [3.63, 3.8) is 0 Å². The van der Waals surface area contributed by atoms with Crippen LogP contribution < -0.4 is 4.74 Å². The average Bonchev–Trinajstić information content (AvgIpc) is 3.27. The number of carbonyl (C=O) groups excluding carboxylic acids is 1. The highest BCUT2D eigenvalue weighted by Gasteiger charge is 2.31. The SMILES string of the molecule is COc1ccc(-c2nnc(S[C@@H](C(=O)N3CCOCC3)c3ccccc3)n2C(C)C)cc1. The zero-order valence-electron chi connectivity index (χ0n) is 18.6. The summed E-state index contributed by atoms with van der Waals surface area (Å²) in [5, 5.41) is 9.31. The standard InChI is InChI=1S/C24H28N4O3S/c1-17(2)28-22(19-9-11-20(30-3)12-10-19)25-26-24(28)32-21(18-7-5-4-6-8-18)23(29)27-13-15-31-16-14-27/h4-12,17,21H,13-16H2,1-3H3/t21-/m1/s1. The lowest BCUT2D eigenvalue weighted by Gasteiger charge is -2.30. The van der Waals surface area contributed by atoms with Gasteiger partial charge in [0.2, 0.25) is 5.91 Å². The number of rotatable bonds is 7. The fraction of sp³-hybridized carbons (Fsp3) is 0.375. The number of thioether (sulfide) groups is 1. The lowest BCUT2D eigenvalue weighted by molar-refractivity contribution is -0.134. The lowest BCUT2D eigenvalue weighted by Crippen LogP contribution is -2.42. The Morgan fingerprint density at radius 2 is 1.72 bits per heavy atom. The molecule has 1 atom stereocenters. The van der Waals surface area contributed by atoms with Crippen LogP contribution in [0.2, 0.25) is 0 Å². The maximum Gasteiger partial charge on any atom is 0.240 e. The fourth-order valence-corrected chi connectivity index (χ4v) is 4.96. The van der Waals surface area contributed by atoms with Crippen LogP contribution in [0, 0.1) is 0 Å². The van der Waals surface area contributed by atoms with Crippen molar-refractivity contribution in [1.29, 1.82) is 0 Å². The summed E-state index contributed by atoms with van der Waals surface area (Å²) >= 11 is 1.45. The van der Waals surface area contributed by atoms with E-state index in [2.05, 4.69) is 28.6 Å². The molecule has 2 heterocycles. The van der Waals surface area contributed by atoms with Gasteiger partial charge < -0.3 is 14.4 Å². The van der Waals surface area contributed by atoms with Gasteiger partial charge in [0.05, 0.1) is 20.3 Å². The lowest BCUT2D eigenvalue weighted by atomic mass is 10.1. The summed E-state index contributed by atoms with van der Waals surface area (Å²) in [5.74, 6) is 1.64. The fourth-order valence-electron chi connectivity index (χ4n) is 3.70. The highest BCUT2D eigenvalue weighted by Crippen LogP contribution is 2.38. The van der Waals surface area contributed by atoms with Crippen LogP contribution in [0.3, 0.4) is 0 Å². The molecule has 0 bridgehead atoms. The van der Waals surface area contributed by atoms with Crippen LogP contribution in [0.5, 0.6) is 5.75 Å². The van der Waals surface area contributed by atoms with Gasteiger partial charge in [0.15, 0.2) is 11.0 Å². The number of methoxy groups -OCH3 is 1. The number of amides is 1. The van der Waals surface area contributed by atoms with Crippen molar-refractivity contribution in [2.24, 2.45) is 0 Å². The maximum atomic E-state index is 13.5. The minimum Gasteiger partial charge on any atom is -0.497 e. The molecule has 8 heteroatoms. The third-order valence-corrected chi connectivity index (χ3v) is 6.60. The first-order chi connectivity index (χ1) is 15.6. The second-order valence-electron chi connectivity index (χ2n) is 7.84. The second-order valence-corrected chi connectivity index (χ2v) is 8.92. The number of aromatic nitrogens is 3. The van der Waals surface area contributed by atoms with Gasteiger partial charge in [0.1, 0.15) is 11.0 Å². The zero-order chi connectivity index (χ0) is 22.5. The second kappa shape index (κ2) is 10.2. The van der Waals surface area contributed by atoms with E-state index in [1.807, 2.05) is 59.5 Å².